The zero-order chi connectivity index (χ0) is 27.3. The fourth-order valence-corrected chi connectivity index (χ4v) is 4.34. The standard InChI is InChI=1S/C27H55N2O6P/c1-6-8-10-12-14-15-17-19-21-27(31)28-25(26(30)20-18-16-13-11-9-7-2)24-35-36(32,33)34-23-22-29(3,4)5/h18,20,25-26,30H,6-17,19,21-24H2,1-5H3,(H-,28,31,32,33)/b20-18+. The molecular weight excluding hydrogens is 479 g/mol. The minimum atomic E-state index is -4.55. The summed E-state index contributed by atoms with van der Waals surface area (Å²) in [6, 6.07) is -0.872. The third-order valence-corrected chi connectivity index (χ3v) is 6.96. The maximum absolute atomic E-state index is 12.5. The minimum absolute atomic E-state index is 0.0000354. The maximum atomic E-state index is 12.5. The van der Waals surface area contributed by atoms with Crippen molar-refractivity contribution in [3.05, 3.63) is 12.2 Å². The Hall–Kier alpha value is -0.760. The lowest BCUT2D eigenvalue weighted by molar-refractivity contribution is -0.870. The molecule has 214 valence electrons. The number of carbonyl (C=O) groups excluding carboxylic acids is 1. The number of allylic oxidation sites excluding steroid dienone is 1. The van der Waals surface area contributed by atoms with Gasteiger partial charge in [0.1, 0.15) is 13.2 Å². The first kappa shape index (κ1) is 35.2. The van der Waals surface area contributed by atoms with Gasteiger partial charge in [-0.05, 0) is 19.3 Å². The van der Waals surface area contributed by atoms with E-state index < -0.39 is 20.0 Å². The van der Waals surface area contributed by atoms with E-state index in [0.717, 1.165) is 44.9 Å². The first-order chi connectivity index (χ1) is 17.0. The molecule has 0 fully saturated rings. The van der Waals surface area contributed by atoms with Gasteiger partial charge in [-0.15, -0.1) is 0 Å². The molecule has 36 heavy (non-hydrogen) atoms. The third-order valence-electron chi connectivity index (χ3n) is 6.00. The van der Waals surface area contributed by atoms with Crippen LogP contribution in [0.2, 0.25) is 0 Å². The molecule has 3 atom stereocenters. The number of nitrogens with one attached hydrogen (secondary N) is 1. The van der Waals surface area contributed by atoms with Crippen molar-refractivity contribution in [1.29, 1.82) is 0 Å². The van der Waals surface area contributed by atoms with Crippen LogP contribution in [0.25, 0.3) is 0 Å². The van der Waals surface area contributed by atoms with E-state index in [1.807, 2.05) is 27.2 Å². The Morgan fingerprint density at radius 2 is 1.50 bits per heavy atom. The van der Waals surface area contributed by atoms with Crippen LogP contribution < -0.4 is 10.2 Å². The van der Waals surface area contributed by atoms with Crippen molar-refractivity contribution in [2.75, 3.05) is 40.9 Å². The van der Waals surface area contributed by atoms with Crippen LogP contribution in [-0.4, -0.2) is 68.5 Å². The first-order valence-corrected chi connectivity index (χ1v) is 15.5. The topological polar surface area (TPSA) is 108 Å². The van der Waals surface area contributed by atoms with E-state index in [-0.39, 0.29) is 19.1 Å². The van der Waals surface area contributed by atoms with Crippen LogP contribution >= 0.6 is 7.82 Å². The molecule has 3 unspecified atom stereocenters. The second-order valence-corrected chi connectivity index (χ2v) is 12.2. The molecule has 1 amide bonds. The number of rotatable bonds is 24. The average molecular weight is 535 g/mol. The van der Waals surface area contributed by atoms with Gasteiger partial charge in [-0.25, -0.2) is 0 Å². The van der Waals surface area contributed by atoms with Crippen LogP contribution in [0.4, 0.5) is 0 Å². The molecule has 0 aromatic rings. The number of carbonyl (C=O) groups is 1. The number of phosphoric ester groups is 1. The summed E-state index contributed by atoms with van der Waals surface area (Å²) >= 11 is 0. The molecule has 0 aromatic carbocycles. The predicted octanol–water partition coefficient (Wildman–Crippen LogP) is 5.10. The minimum Gasteiger partial charge on any atom is -0.756 e. The van der Waals surface area contributed by atoms with Crippen molar-refractivity contribution in [3.63, 3.8) is 0 Å². The van der Waals surface area contributed by atoms with Crippen molar-refractivity contribution in [2.45, 2.75) is 116 Å². The molecule has 0 saturated heterocycles. The zero-order valence-electron chi connectivity index (χ0n) is 23.7. The summed E-state index contributed by atoms with van der Waals surface area (Å²) < 4.78 is 22.7. The largest absolute Gasteiger partial charge is 0.756 e. The SMILES string of the molecule is CCCCCC/C=C/C(O)C(COP(=O)([O-])OCC[N+](C)(C)C)NC(=O)CCCCCCCCCC. The van der Waals surface area contributed by atoms with E-state index in [4.69, 9.17) is 9.05 Å². The Morgan fingerprint density at radius 1 is 0.944 bits per heavy atom. The fourth-order valence-electron chi connectivity index (χ4n) is 3.62. The van der Waals surface area contributed by atoms with E-state index in [0.29, 0.717) is 17.4 Å². The van der Waals surface area contributed by atoms with Crippen molar-refractivity contribution >= 4 is 13.7 Å². The summed E-state index contributed by atoms with van der Waals surface area (Å²) in [6.07, 6.45) is 17.2. The highest BCUT2D eigenvalue weighted by Crippen LogP contribution is 2.38. The Bertz CT molecular complexity index is 624. The molecule has 0 aliphatic heterocycles. The lowest BCUT2D eigenvalue weighted by atomic mass is 10.1. The normalized spacial score (nSPS) is 15.6. The van der Waals surface area contributed by atoms with Crippen molar-refractivity contribution in [3.8, 4) is 0 Å². The Labute approximate surface area is 221 Å². The summed E-state index contributed by atoms with van der Waals surface area (Å²) in [6.45, 7) is 4.47. The lowest BCUT2D eigenvalue weighted by Gasteiger charge is -2.29. The molecule has 0 spiro atoms. The number of likely N-dealkylation sites (N-methyl/N-ethyl adjacent to an activating group) is 1. The van der Waals surface area contributed by atoms with Crippen LogP contribution in [0, 0.1) is 0 Å². The van der Waals surface area contributed by atoms with Gasteiger partial charge < -0.3 is 28.8 Å². The van der Waals surface area contributed by atoms with E-state index in [2.05, 4.69) is 19.2 Å². The molecule has 0 bridgehead atoms. The van der Waals surface area contributed by atoms with Gasteiger partial charge in [-0.2, -0.15) is 0 Å². The van der Waals surface area contributed by atoms with Crippen LogP contribution in [0.1, 0.15) is 104 Å². The monoisotopic (exact) mass is 534 g/mol. The molecule has 0 rings (SSSR count). The zero-order valence-corrected chi connectivity index (χ0v) is 24.6. The van der Waals surface area contributed by atoms with E-state index >= 15 is 0 Å². The summed E-state index contributed by atoms with van der Waals surface area (Å²) in [4.78, 5) is 24.7. The number of aliphatic hydroxyl groups is 1. The van der Waals surface area contributed by atoms with Crippen LogP contribution in [0.3, 0.4) is 0 Å². The van der Waals surface area contributed by atoms with Crippen LogP contribution in [0.15, 0.2) is 12.2 Å². The number of nitrogens with zero attached hydrogens (tertiary/aromatic N) is 1. The summed E-state index contributed by atoms with van der Waals surface area (Å²) in [7, 11) is 1.25. The smallest absolute Gasteiger partial charge is 0.268 e. The highest BCUT2D eigenvalue weighted by Gasteiger charge is 2.23. The molecule has 2 N–H and O–H groups in total. The number of aliphatic hydroxyl groups excluding tert-OH is 1. The van der Waals surface area contributed by atoms with Gasteiger partial charge in [0, 0.05) is 6.42 Å². The van der Waals surface area contributed by atoms with E-state index in [1.165, 1.54) is 38.5 Å². The van der Waals surface area contributed by atoms with E-state index in [9.17, 15) is 19.4 Å². The third kappa shape index (κ3) is 22.4. The quantitative estimate of drug-likeness (QED) is 0.0772. The second kappa shape index (κ2) is 21.2. The van der Waals surface area contributed by atoms with Crippen LogP contribution in [-0.2, 0) is 18.4 Å². The van der Waals surface area contributed by atoms with Gasteiger partial charge in [0.25, 0.3) is 7.82 Å². The first-order valence-electron chi connectivity index (χ1n) is 14.1. The number of phosphoric acid groups is 1. The van der Waals surface area contributed by atoms with Gasteiger partial charge in [0.2, 0.25) is 5.91 Å². The van der Waals surface area contributed by atoms with Crippen LogP contribution in [0.5, 0.6) is 0 Å². The Balaban J connectivity index is 4.70. The number of hydrogen-bond acceptors (Lipinski definition) is 6. The number of quaternary nitrogens is 1. The molecule has 0 aromatic heterocycles. The molecule has 0 aliphatic carbocycles. The Kier molecular flexibility index (Phi) is 20.8. The maximum Gasteiger partial charge on any atom is 0.268 e. The fraction of sp³-hybridized carbons (Fsp3) is 0.889. The van der Waals surface area contributed by atoms with Gasteiger partial charge in [-0.3, -0.25) is 9.36 Å². The highest BCUT2D eigenvalue weighted by molar-refractivity contribution is 7.45. The predicted molar refractivity (Wildman–Crippen MR) is 145 cm³/mol. The van der Waals surface area contributed by atoms with E-state index in [1.54, 1.807) is 6.08 Å². The van der Waals surface area contributed by atoms with Gasteiger partial charge >= 0.3 is 0 Å². The molecular formula is C27H55N2O6P. The van der Waals surface area contributed by atoms with Crippen molar-refractivity contribution in [2.24, 2.45) is 0 Å². The molecule has 8 nitrogen and oxygen atoms in total. The Morgan fingerprint density at radius 3 is 2.08 bits per heavy atom. The van der Waals surface area contributed by atoms with Gasteiger partial charge in [0.05, 0.1) is 39.9 Å². The van der Waals surface area contributed by atoms with Crippen molar-refractivity contribution in [1.82, 2.24) is 5.32 Å². The second-order valence-electron chi connectivity index (χ2n) is 10.8. The summed E-state index contributed by atoms with van der Waals surface area (Å²) in [5.74, 6) is -0.211. The molecule has 0 heterocycles. The molecule has 0 aliphatic rings. The average Bonchev–Trinajstić information content (AvgIpc) is 2.79. The highest BCUT2D eigenvalue weighted by atomic mass is 31.2. The van der Waals surface area contributed by atoms with Gasteiger partial charge in [-0.1, -0.05) is 90.2 Å². The number of unbranched alkanes of at least 4 members (excludes halogenated alkanes) is 11. The van der Waals surface area contributed by atoms with Crippen molar-refractivity contribution < 1.29 is 32.9 Å². The number of amides is 1. The lowest BCUT2D eigenvalue weighted by Crippen LogP contribution is -2.45. The molecule has 0 saturated carbocycles. The number of hydrogen-bond donors (Lipinski definition) is 2. The summed E-state index contributed by atoms with van der Waals surface area (Å²) in [5, 5.41) is 13.4. The molecule has 9 heteroatoms. The molecule has 0 radical (unpaired) electrons. The van der Waals surface area contributed by atoms with Gasteiger partial charge in [0.15, 0.2) is 0 Å². The summed E-state index contributed by atoms with van der Waals surface area (Å²) in [5.41, 5.74) is 0.